The van der Waals surface area contributed by atoms with Crippen molar-refractivity contribution >= 4 is 11.6 Å². The van der Waals surface area contributed by atoms with Crippen molar-refractivity contribution in [2.75, 3.05) is 6.61 Å². The van der Waals surface area contributed by atoms with Crippen molar-refractivity contribution in [3.63, 3.8) is 0 Å². The highest BCUT2D eigenvalue weighted by atomic mass is 16.3. The smallest absolute Gasteiger partial charge is 0.254 e. The van der Waals surface area contributed by atoms with Gasteiger partial charge in [-0.05, 0) is 20.8 Å². The minimum Gasteiger partial charge on any atom is -0.394 e. The van der Waals surface area contributed by atoms with Crippen LogP contribution in [0.25, 0.3) is 5.65 Å². The average molecular weight is 248 g/mol. The van der Waals surface area contributed by atoms with Gasteiger partial charge < -0.3 is 10.4 Å². The number of aromatic nitrogens is 3. The Hall–Kier alpha value is -1.95. The maximum atomic E-state index is 12.0. The van der Waals surface area contributed by atoms with Crippen molar-refractivity contribution in [2.24, 2.45) is 0 Å². The lowest BCUT2D eigenvalue weighted by atomic mass is 10.2. The highest BCUT2D eigenvalue weighted by molar-refractivity contribution is 5.95. The Morgan fingerprint density at radius 1 is 1.56 bits per heavy atom. The number of aliphatic hydroxyl groups is 1. The average Bonchev–Trinajstić information content (AvgIpc) is 2.70. The molecule has 0 bridgehead atoms. The van der Waals surface area contributed by atoms with Gasteiger partial charge in [-0.25, -0.2) is 9.50 Å². The van der Waals surface area contributed by atoms with Crippen LogP contribution in [-0.4, -0.2) is 38.3 Å². The first-order valence-electron chi connectivity index (χ1n) is 5.76. The molecule has 1 atom stereocenters. The Labute approximate surface area is 105 Å². The largest absolute Gasteiger partial charge is 0.394 e. The molecule has 0 saturated heterocycles. The van der Waals surface area contributed by atoms with Crippen molar-refractivity contribution in [1.82, 2.24) is 19.9 Å². The molecule has 96 valence electrons. The predicted molar refractivity (Wildman–Crippen MR) is 66.5 cm³/mol. The van der Waals surface area contributed by atoms with Crippen molar-refractivity contribution < 1.29 is 9.90 Å². The molecule has 0 fully saturated rings. The fraction of sp³-hybridized carbons (Fsp3) is 0.417. The third-order valence-corrected chi connectivity index (χ3v) is 2.74. The topological polar surface area (TPSA) is 79.5 Å². The summed E-state index contributed by atoms with van der Waals surface area (Å²) in [6, 6.07) is 1.57. The van der Waals surface area contributed by atoms with Crippen LogP contribution < -0.4 is 5.32 Å². The monoisotopic (exact) mass is 248 g/mol. The summed E-state index contributed by atoms with van der Waals surface area (Å²) in [5.41, 5.74) is 2.77. The summed E-state index contributed by atoms with van der Waals surface area (Å²) < 4.78 is 1.65. The van der Waals surface area contributed by atoms with Crippen molar-refractivity contribution in [2.45, 2.75) is 26.8 Å². The molecular weight excluding hydrogens is 232 g/mol. The van der Waals surface area contributed by atoms with Crippen molar-refractivity contribution in [1.29, 1.82) is 0 Å². The highest BCUT2D eigenvalue weighted by Crippen LogP contribution is 2.11. The molecule has 0 aliphatic rings. The molecular formula is C12H16N4O2. The van der Waals surface area contributed by atoms with E-state index in [-0.39, 0.29) is 18.6 Å². The van der Waals surface area contributed by atoms with Crippen LogP contribution in [0.4, 0.5) is 0 Å². The van der Waals surface area contributed by atoms with Gasteiger partial charge in [-0.2, -0.15) is 5.10 Å². The molecule has 2 N–H and O–H groups in total. The summed E-state index contributed by atoms with van der Waals surface area (Å²) in [5.74, 6) is -0.253. The second-order valence-corrected chi connectivity index (χ2v) is 4.37. The molecule has 2 aromatic rings. The molecule has 0 aliphatic heterocycles. The molecule has 2 rings (SSSR count). The number of nitrogens with one attached hydrogen (secondary N) is 1. The van der Waals surface area contributed by atoms with E-state index in [9.17, 15) is 4.79 Å². The number of hydrogen-bond acceptors (Lipinski definition) is 4. The Balaban J connectivity index is 2.39. The van der Waals surface area contributed by atoms with Crippen LogP contribution in [0.1, 0.15) is 28.7 Å². The van der Waals surface area contributed by atoms with E-state index in [4.69, 9.17) is 5.11 Å². The van der Waals surface area contributed by atoms with Gasteiger partial charge in [-0.1, -0.05) is 0 Å². The number of hydrogen-bond donors (Lipinski definition) is 2. The van der Waals surface area contributed by atoms with Gasteiger partial charge in [0.1, 0.15) is 0 Å². The van der Waals surface area contributed by atoms with Gasteiger partial charge in [0, 0.05) is 18.3 Å². The summed E-state index contributed by atoms with van der Waals surface area (Å²) >= 11 is 0. The molecule has 0 radical (unpaired) electrons. The number of aliphatic hydroxyl groups excluding tert-OH is 1. The first-order valence-corrected chi connectivity index (χ1v) is 5.76. The van der Waals surface area contributed by atoms with E-state index in [0.29, 0.717) is 5.56 Å². The zero-order valence-corrected chi connectivity index (χ0v) is 10.6. The number of carbonyl (C=O) groups excluding carboxylic acids is 1. The fourth-order valence-electron chi connectivity index (χ4n) is 1.73. The van der Waals surface area contributed by atoms with E-state index in [1.165, 1.54) is 6.20 Å². The molecule has 0 unspecified atom stereocenters. The fourth-order valence-corrected chi connectivity index (χ4v) is 1.73. The molecule has 1 amide bonds. The van der Waals surface area contributed by atoms with E-state index in [0.717, 1.165) is 17.0 Å². The predicted octanol–water partition coefficient (Wildman–Crippen LogP) is 0.457. The molecule has 0 saturated carbocycles. The Morgan fingerprint density at radius 3 is 2.94 bits per heavy atom. The number of amides is 1. The minimum absolute atomic E-state index is 0.0959. The van der Waals surface area contributed by atoms with Crippen LogP contribution in [-0.2, 0) is 0 Å². The molecule has 0 aliphatic carbocycles. The molecule has 18 heavy (non-hydrogen) atoms. The summed E-state index contributed by atoms with van der Waals surface area (Å²) in [4.78, 5) is 16.2. The van der Waals surface area contributed by atoms with Gasteiger partial charge in [0.25, 0.3) is 5.91 Å². The Morgan fingerprint density at radius 2 is 2.28 bits per heavy atom. The molecule has 6 nitrogen and oxygen atoms in total. The van der Waals surface area contributed by atoms with E-state index < -0.39 is 0 Å². The highest BCUT2D eigenvalue weighted by Gasteiger charge is 2.15. The minimum atomic E-state index is -0.285. The second-order valence-electron chi connectivity index (χ2n) is 4.37. The molecule has 0 spiro atoms. The van der Waals surface area contributed by atoms with Gasteiger partial charge in [0.2, 0.25) is 0 Å². The van der Waals surface area contributed by atoms with Crippen molar-refractivity contribution in [3.05, 3.63) is 29.2 Å². The van der Waals surface area contributed by atoms with Crippen LogP contribution in [0.2, 0.25) is 0 Å². The number of fused-ring (bicyclic) bond motifs is 1. The van der Waals surface area contributed by atoms with Gasteiger partial charge in [-0.3, -0.25) is 4.79 Å². The first-order chi connectivity index (χ1) is 8.52. The molecule has 2 aromatic heterocycles. The lowest BCUT2D eigenvalue weighted by molar-refractivity contribution is 0.0920. The summed E-state index contributed by atoms with van der Waals surface area (Å²) in [5, 5.41) is 15.9. The molecule has 6 heteroatoms. The zero-order valence-electron chi connectivity index (χ0n) is 10.6. The van der Waals surface area contributed by atoms with E-state index in [1.54, 1.807) is 11.4 Å². The van der Waals surface area contributed by atoms with Crippen LogP contribution in [0.3, 0.4) is 0 Å². The van der Waals surface area contributed by atoms with E-state index in [2.05, 4.69) is 15.4 Å². The summed E-state index contributed by atoms with van der Waals surface area (Å²) in [6.45, 7) is 5.33. The van der Waals surface area contributed by atoms with Crippen LogP contribution in [0.5, 0.6) is 0 Å². The SMILES string of the molecule is Cc1cc2ncc(C(=O)N[C@H](C)CO)c(C)n2n1. The lowest BCUT2D eigenvalue weighted by Gasteiger charge is -2.12. The molecule has 0 aromatic carbocycles. The second kappa shape index (κ2) is 4.73. The Bertz CT molecular complexity index is 591. The number of rotatable bonds is 3. The van der Waals surface area contributed by atoms with Crippen LogP contribution in [0, 0.1) is 13.8 Å². The van der Waals surface area contributed by atoms with E-state index >= 15 is 0 Å². The normalized spacial score (nSPS) is 12.7. The van der Waals surface area contributed by atoms with Gasteiger partial charge >= 0.3 is 0 Å². The lowest BCUT2D eigenvalue weighted by Crippen LogP contribution is -2.35. The maximum Gasteiger partial charge on any atom is 0.254 e. The van der Waals surface area contributed by atoms with Crippen LogP contribution >= 0.6 is 0 Å². The standard InChI is InChI=1S/C12H16N4O2/c1-7-4-11-13-5-10(9(3)16(11)15-7)12(18)14-8(2)6-17/h4-5,8,17H,6H2,1-3H3,(H,14,18)/t8-/m1/s1. The third-order valence-electron chi connectivity index (χ3n) is 2.74. The number of nitrogens with zero attached hydrogens (tertiary/aromatic N) is 3. The maximum absolute atomic E-state index is 12.0. The third kappa shape index (κ3) is 2.19. The number of carbonyl (C=O) groups is 1. The van der Waals surface area contributed by atoms with Crippen molar-refractivity contribution in [3.8, 4) is 0 Å². The number of aryl methyl sites for hydroxylation is 2. The first kappa shape index (κ1) is 12.5. The summed E-state index contributed by atoms with van der Waals surface area (Å²) in [6.07, 6.45) is 1.53. The quantitative estimate of drug-likeness (QED) is 0.827. The van der Waals surface area contributed by atoms with Crippen LogP contribution in [0.15, 0.2) is 12.3 Å². The van der Waals surface area contributed by atoms with Gasteiger partial charge in [-0.15, -0.1) is 0 Å². The van der Waals surface area contributed by atoms with Gasteiger partial charge in [0.15, 0.2) is 5.65 Å². The molecule has 2 heterocycles. The zero-order chi connectivity index (χ0) is 13.3. The Kier molecular flexibility index (Phi) is 3.29. The van der Waals surface area contributed by atoms with Gasteiger partial charge in [0.05, 0.1) is 23.6 Å². The van der Waals surface area contributed by atoms with E-state index in [1.807, 2.05) is 19.9 Å². The summed E-state index contributed by atoms with van der Waals surface area (Å²) in [7, 11) is 0.